The number of pyridine rings is 1. The highest BCUT2D eigenvalue weighted by atomic mass is 35.5. The molecule has 4 heterocycles. The number of fused-ring (bicyclic) bond motifs is 1. The summed E-state index contributed by atoms with van der Waals surface area (Å²) in [5.41, 5.74) is 4.48. The van der Waals surface area contributed by atoms with E-state index in [4.69, 9.17) is 16.6 Å². The average Bonchev–Trinajstić information content (AvgIpc) is 3.42. The Kier molecular flexibility index (Phi) is 5.51. The number of anilines is 3. The van der Waals surface area contributed by atoms with Crippen LogP contribution in [0.25, 0.3) is 11.3 Å². The first-order chi connectivity index (χ1) is 16.0. The molecule has 0 bridgehead atoms. The van der Waals surface area contributed by atoms with Crippen molar-refractivity contribution in [2.24, 2.45) is 7.05 Å². The zero-order valence-corrected chi connectivity index (χ0v) is 19.0. The smallest absolute Gasteiger partial charge is 0.232 e. The molecule has 1 aromatic carbocycles. The minimum absolute atomic E-state index is 0.0111. The second kappa shape index (κ2) is 8.63. The largest absolute Gasteiger partial charge is 0.309 e. The van der Waals surface area contributed by atoms with E-state index in [9.17, 15) is 4.79 Å². The van der Waals surface area contributed by atoms with Crippen molar-refractivity contribution in [2.75, 3.05) is 16.8 Å². The third-order valence-corrected chi connectivity index (χ3v) is 6.08. The van der Waals surface area contributed by atoms with Crippen molar-refractivity contribution in [1.29, 1.82) is 0 Å². The van der Waals surface area contributed by atoms with Crippen molar-refractivity contribution in [2.45, 2.75) is 19.8 Å². The van der Waals surface area contributed by atoms with Crippen LogP contribution in [0.3, 0.4) is 0 Å². The number of nitrogens with one attached hydrogen (secondary N) is 1. The third-order valence-electron chi connectivity index (χ3n) is 5.71. The summed E-state index contributed by atoms with van der Waals surface area (Å²) in [5.74, 6) is 1.97. The summed E-state index contributed by atoms with van der Waals surface area (Å²) in [4.78, 5) is 28.4. The number of halogens is 1. The van der Waals surface area contributed by atoms with Gasteiger partial charge in [0.25, 0.3) is 0 Å². The lowest BCUT2D eigenvalue weighted by Crippen LogP contribution is -2.31. The van der Waals surface area contributed by atoms with Gasteiger partial charge in [-0.15, -0.1) is 0 Å². The van der Waals surface area contributed by atoms with Gasteiger partial charge in [0.1, 0.15) is 11.6 Å². The van der Waals surface area contributed by atoms with Crippen LogP contribution in [0.5, 0.6) is 0 Å². The Hall–Kier alpha value is -3.78. The predicted molar refractivity (Wildman–Crippen MR) is 128 cm³/mol. The molecule has 166 valence electrons. The molecule has 0 spiro atoms. The SMILES string of the molecule is Cc1cnc(Nc2ccnn2C)nc1-c1cnc2c(c1)CCN2C(=O)Cc1ccccc1Cl. The van der Waals surface area contributed by atoms with E-state index in [2.05, 4.69) is 26.4 Å². The van der Waals surface area contributed by atoms with Crippen molar-refractivity contribution in [3.63, 3.8) is 0 Å². The Balaban J connectivity index is 1.39. The highest BCUT2D eigenvalue weighted by molar-refractivity contribution is 6.31. The molecule has 1 aliphatic rings. The van der Waals surface area contributed by atoms with E-state index in [1.807, 2.05) is 38.2 Å². The topological polar surface area (TPSA) is 88.8 Å². The molecule has 1 amide bonds. The molecule has 1 aliphatic heterocycles. The zero-order valence-electron chi connectivity index (χ0n) is 18.3. The van der Waals surface area contributed by atoms with Gasteiger partial charge in [0, 0.05) is 42.6 Å². The maximum Gasteiger partial charge on any atom is 0.232 e. The summed E-state index contributed by atoms with van der Waals surface area (Å²) in [5, 5.41) is 7.94. The van der Waals surface area contributed by atoms with Crippen LogP contribution in [0.15, 0.2) is 55.0 Å². The molecule has 0 radical (unpaired) electrons. The Morgan fingerprint density at radius 1 is 1.18 bits per heavy atom. The Morgan fingerprint density at radius 2 is 2.03 bits per heavy atom. The van der Waals surface area contributed by atoms with Gasteiger partial charge in [-0.1, -0.05) is 29.8 Å². The van der Waals surface area contributed by atoms with Gasteiger partial charge < -0.3 is 5.32 Å². The van der Waals surface area contributed by atoms with Crippen molar-refractivity contribution in [3.8, 4) is 11.3 Å². The van der Waals surface area contributed by atoms with Crippen LogP contribution in [0.1, 0.15) is 16.7 Å². The molecule has 0 unspecified atom stereocenters. The third kappa shape index (κ3) is 4.17. The number of carbonyl (C=O) groups is 1. The second-order valence-corrected chi connectivity index (χ2v) is 8.37. The van der Waals surface area contributed by atoms with Crippen molar-refractivity contribution in [1.82, 2.24) is 24.7 Å². The van der Waals surface area contributed by atoms with Crippen molar-refractivity contribution >= 4 is 35.1 Å². The van der Waals surface area contributed by atoms with Gasteiger partial charge in [0.2, 0.25) is 11.9 Å². The van der Waals surface area contributed by atoms with E-state index in [-0.39, 0.29) is 12.3 Å². The Morgan fingerprint density at radius 3 is 2.82 bits per heavy atom. The molecular weight excluding hydrogens is 438 g/mol. The highest BCUT2D eigenvalue weighted by Gasteiger charge is 2.27. The fourth-order valence-corrected chi connectivity index (χ4v) is 4.15. The number of nitrogens with zero attached hydrogens (tertiary/aromatic N) is 6. The van der Waals surface area contributed by atoms with Crippen LogP contribution < -0.4 is 10.2 Å². The minimum atomic E-state index is -0.0111. The number of aryl methyl sites for hydroxylation is 2. The van der Waals surface area contributed by atoms with Gasteiger partial charge in [0.15, 0.2) is 0 Å². The van der Waals surface area contributed by atoms with Gasteiger partial charge in [-0.2, -0.15) is 5.10 Å². The summed E-state index contributed by atoms with van der Waals surface area (Å²) in [6.07, 6.45) is 6.25. The summed E-state index contributed by atoms with van der Waals surface area (Å²) in [7, 11) is 1.85. The van der Waals surface area contributed by atoms with E-state index in [0.29, 0.717) is 23.3 Å². The zero-order chi connectivity index (χ0) is 22.9. The van der Waals surface area contributed by atoms with E-state index in [1.165, 1.54) is 0 Å². The second-order valence-electron chi connectivity index (χ2n) is 7.96. The normalized spacial score (nSPS) is 12.6. The molecule has 8 nitrogen and oxygen atoms in total. The quantitative estimate of drug-likeness (QED) is 0.483. The maximum absolute atomic E-state index is 13.0. The first-order valence-electron chi connectivity index (χ1n) is 10.6. The summed E-state index contributed by atoms with van der Waals surface area (Å²) >= 11 is 6.24. The molecular formula is C24H22ClN7O. The molecule has 33 heavy (non-hydrogen) atoms. The van der Waals surface area contributed by atoms with Gasteiger partial charge >= 0.3 is 0 Å². The van der Waals surface area contributed by atoms with Gasteiger partial charge in [-0.3, -0.25) is 14.4 Å². The summed E-state index contributed by atoms with van der Waals surface area (Å²) in [6, 6.07) is 11.3. The molecule has 5 rings (SSSR count). The number of hydrogen-bond acceptors (Lipinski definition) is 6. The predicted octanol–water partition coefficient (Wildman–Crippen LogP) is 4.11. The van der Waals surface area contributed by atoms with Crippen molar-refractivity contribution in [3.05, 3.63) is 76.7 Å². The number of benzene rings is 1. The number of carbonyl (C=O) groups excluding carboxylic acids is 1. The molecule has 9 heteroatoms. The molecule has 0 aliphatic carbocycles. The molecule has 1 N–H and O–H groups in total. The van der Waals surface area contributed by atoms with E-state index < -0.39 is 0 Å². The molecule has 0 saturated heterocycles. The Bertz CT molecular complexity index is 1350. The lowest BCUT2D eigenvalue weighted by atomic mass is 10.1. The van der Waals surface area contributed by atoms with Gasteiger partial charge in [-0.25, -0.2) is 15.0 Å². The number of aromatic nitrogens is 5. The minimum Gasteiger partial charge on any atom is -0.309 e. The highest BCUT2D eigenvalue weighted by Crippen LogP contribution is 2.31. The average molecular weight is 460 g/mol. The lowest BCUT2D eigenvalue weighted by Gasteiger charge is -2.17. The standard InChI is InChI=1S/C24H22ClN7O/c1-15-13-27-24(29-20-7-9-28-31(20)2)30-22(15)18-11-17-8-10-32(23(17)26-14-18)21(33)12-16-5-3-4-6-19(16)25/h3-7,9,11,13-14H,8,10,12H2,1-2H3,(H,27,29,30). The van der Waals surface area contributed by atoms with Gasteiger partial charge in [0.05, 0.1) is 18.3 Å². The van der Waals surface area contributed by atoms with E-state index in [1.54, 1.807) is 34.2 Å². The first-order valence-corrected chi connectivity index (χ1v) is 11.0. The molecule has 3 aromatic heterocycles. The lowest BCUT2D eigenvalue weighted by molar-refractivity contribution is -0.117. The molecule has 0 atom stereocenters. The van der Waals surface area contributed by atoms with Crippen LogP contribution in [-0.4, -0.2) is 37.2 Å². The number of hydrogen-bond donors (Lipinski definition) is 1. The fourth-order valence-electron chi connectivity index (χ4n) is 3.95. The van der Waals surface area contributed by atoms with Crippen LogP contribution in [-0.2, 0) is 24.7 Å². The van der Waals surface area contributed by atoms with E-state index in [0.717, 1.165) is 40.2 Å². The monoisotopic (exact) mass is 459 g/mol. The van der Waals surface area contributed by atoms with E-state index >= 15 is 0 Å². The van der Waals surface area contributed by atoms with Crippen LogP contribution in [0.2, 0.25) is 5.02 Å². The van der Waals surface area contributed by atoms with Gasteiger partial charge in [-0.05, 0) is 42.2 Å². The number of rotatable bonds is 5. The summed E-state index contributed by atoms with van der Waals surface area (Å²) in [6.45, 7) is 2.57. The maximum atomic E-state index is 13.0. The Labute approximate surface area is 196 Å². The summed E-state index contributed by atoms with van der Waals surface area (Å²) < 4.78 is 1.72. The van der Waals surface area contributed by atoms with Crippen LogP contribution in [0, 0.1) is 6.92 Å². The van der Waals surface area contributed by atoms with Crippen molar-refractivity contribution < 1.29 is 4.79 Å². The van der Waals surface area contributed by atoms with Crippen LogP contribution >= 0.6 is 11.6 Å². The first kappa shape index (κ1) is 21.1. The molecule has 0 saturated carbocycles. The molecule has 4 aromatic rings. The fraction of sp³-hybridized carbons (Fsp3) is 0.208. The number of amides is 1. The molecule has 0 fully saturated rings. The van der Waals surface area contributed by atoms with Crippen LogP contribution in [0.4, 0.5) is 17.6 Å².